The molecule has 0 atom stereocenters. The summed E-state index contributed by atoms with van der Waals surface area (Å²) in [6.07, 6.45) is 0. The van der Waals surface area contributed by atoms with Crippen molar-refractivity contribution in [2.24, 2.45) is 0 Å². The molecule has 18 heavy (non-hydrogen) atoms. The fourth-order valence-electron chi connectivity index (χ4n) is 1.48. The van der Waals surface area contributed by atoms with Crippen LogP contribution in [-0.2, 0) is 6.54 Å². The highest BCUT2D eigenvalue weighted by Gasteiger charge is 2.03. The standard InChI is InChI=1S/C13H11ClFNO2/c14-10-5-8(1-3-12(10)17)7-16-9-2-4-13(18)11(15)6-9/h1-6,16-18H,7H2. The van der Waals surface area contributed by atoms with Crippen LogP contribution in [0.1, 0.15) is 5.56 Å². The zero-order chi connectivity index (χ0) is 13.1. The topological polar surface area (TPSA) is 52.5 Å². The SMILES string of the molecule is Oc1ccc(NCc2ccc(O)c(Cl)c2)cc1F. The molecule has 0 aliphatic carbocycles. The van der Waals surface area contributed by atoms with Gasteiger partial charge in [-0.3, -0.25) is 0 Å². The molecule has 0 amide bonds. The molecular formula is C13H11ClFNO2. The quantitative estimate of drug-likeness (QED) is 0.746. The van der Waals surface area contributed by atoms with Gasteiger partial charge in [-0.2, -0.15) is 0 Å². The molecule has 94 valence electrons. The molecule has 3 N–H and O–H groups in total. The Morgan fingerprint density at radius 3 is 2.44 bits per heavy atom. The molecule has 0 unspecified atom stereocenters. The van der Waals surface area contributed by atoms with Crippen LogP contribution in [0, 0.1) is 5.82 Å². The number of halogens is 2. The van der Waals surface area contributed by atoms with E-state index in [0.717, 1.165) is 5.56 Å². The number of benzene rings is 2. The van der Waals surface area contributed by atoms with Crippen LogP contribution in [0.5, 0.6) is 11.5 Å². The van der Waals surface area contributed by atoms with E-state index in [1.54, 1.807) is 18.2 Å². The molecule has 0 heterocycles. The van der Waals surface area contributed by atoms with Crippen molar-refractivity contribution in [2.45, 2.75) is 6.54 Å². The van der Waals surface area contributed by atoms with E-state index in [2.05, 4.69) is 5.32 Å². The summed E-state index contributed by atoms with van der Waals surface area (Å²) in [5.41, 5.74) is 1.40. The molecular weight excluding hydrogens is 257 g/mol. The summed E-state index contributed by atoms with van der Waals surface area (Å²) in [6, 6.07) is 8.89. The Balaban J connectivity index is 2.06. The normalized spacial score (nSPS) is 10.3. The van der Waals surface area contributed by atoms with Crippen LogP contribution in [0.15, 0.2) is 36.4 Å². The first kappa shape index (κ1) is 12.5. The highest BCUT2D eigenvalue weighted by Crippen LogP contribution is 2.24. The highest BCUT2D eigenvalue weighted by molar-refractivity contribution is 6.32. The second-order valence-corrected chi connectivity index (χ2v) is 4.21. The Hall–Kier alpha value is -1.94. The zero-order valence-electron chi connectivity index (χ0n) is 9.32. The van der Waals surface area contributed by atoms with Crippen LogP contribution in [0.4, 0.5) is 10.1 Å². The largest absolute Gasteiger partial charge is 0.506 e. The molecule has 3 nitrogen and oxygen atoms in total. The molecule has 2 aromatic carbocycles. The lowest BCUT2D eigenvalue weighted by molar-refractivity contribution is 0.432. The first-order chi connectivity index (χ1) is 8.56. The highest BCUT2D eigenvalue weighted by atomic mass is 35.5. The van der Waals surface area contributed by atoms with Crippen LogP contribution < -0.4 is 5.32 Å². The van der Waals surface area contributed by atoms with E-state index in [-0.39, 0.29) is 16.5 Å². The molecule has 0 bridgehead atoms. The van der Waals surface area contributed by atoms with Crippen LogP contribution in [0.3, 0.4) is 0 Å². The number of nitrogens with one attached hydrogen (secondary N) is 1. The molecule has 0 spiro atoms. The van der Waals surface area contributed by atoms with Gasteiger partial charge >= 0.3 is 0 Å². The van der Waals surface area contributed by atoms with E-state index in [1.165, 1.54) is 18.2 Å². The lowest BCUT2D eigenvalue weighted by atomic mass is 10.2. The van der Waals surface area contributed by atoms with Gasteiger partial charge in [-0.25, -0.2) is 4.39 Å². The van der Waals surface area contributed by atoms with E-state index in [1.807, 2.05) is 0 Å². The molecule has 2 aromatic rings. The number of hydrogen-bond acceptors (Lipinski definition) is 3. The Morgan fingerprint density at radius 2 is 1.78 bits per heavy atom. The predicted molar refractivity (Wildman–Crippen MR) is 68.5 cm³/mol. The number of rotatable bonds is 3. The monoisotopic (exact) mass is 267 g/mol. The molecule has 0 aliphatic heterocycles. The third-order valence-electron chi connectivity index (χ3n) is 2.46. The molecule has 0 saturated carbocycles. The number of hydrogen-bond donors (Lipinski definition) is 3. The Morgan fingerprint density at radius 1 is 1.06 bits per heavy atom. The number of phenols is 2. The third kappa shape index (κ3) is 2.84. The maximum Gasteiger partial charge on any atom is 0.166 e. The van der Waals surface area contributed by atoms with Crippen molar-refractivity contribution >= 4 is 17.3 Å². The summed E-state index contributed by atoms with van der Waals surface area (Å²) in [6.45, 7) is 0.435. The van der Waals surface area contributed by atoms with Gasteiger partial charge in [-0.1, -0.05) is 17.7 Å². The van der Waals surface area contributed by atoms with Gasteiger partial charge in [0.1, 0.15) is 5.75 Å². The molecule has 0 fully saturated rings. The Bertz CT molecular complexity index is 523. The van der Waals surface area contributed by atoms with Crippen molar-refractivity contribution in [2.75, 3.05) is 5.32 Å². The van der Waals surface area contributed by atoms with Crippen molar-refractivity contribution < 1.29 is 14.6 Å². The molecule has 0 saturated heterocycles. The number of aromatic hydroxyl groups is 2. The van der Waals surface area contributed by atoms with E-state index in [0.29, 0.717) is 12.2 Å². The third-order valence-corrected chi connectivity index (χ3v) is 2.76. The van der Waals surface area contributed by atoms with E-state index in [4.69, 9.17) is 16.7 Å². The van der Waals surface area contributed by atoms with Gasteiger partial charge in [-0.05, 0) is 29.8 Å². The van der Waals surface area contributed by atoms with Crippen molar-refractivity contribution in [3.8, 4) is 11.5 Å². The first-order valence-corrected chi connectivity index (χ1v) is 5.64. The van der Waals surface area contributed by atoms with Crippen LogP contribution in [-0.4, -0.2) is 10.2 Å². The lowest BCUT2D eigenvalue weighted by Gasteiger charge is -2.08. The van der Waals surface area contributed by atoms with Crippen molar-refractivity contribution in [1.29, 1.82) is 0 Å². The van der Waals surface area contributed by atoms with Gasteiger partial charge in [0, 0.05) is 18.3 Å². The zero-order valence-corrected chi connectivity index (χ0v) is 10.1. The second kappa shape index (κ2) is 5.14. The minimum Gasteiger partial charge on any atom is -0.506 e. The Kier molecular flexibility index (Phi) is 3.58. The average Bonchev–Trinajstić information content (AvgIpc) is 2.35. The smallest absolute Gasteiger partial charge is 0.166 e. The minimum absolute atomic E-state index is 0.0242. The van der Waals surface area contributed by atoms with E-state index < -0.39 is 5.82 Å². The van der Waals surface area contributed by atoms with Gasteiger partial charge in [0.25, 0.3) is 0 Å². The summed E-state index contributed by atoms with van der Waals surface area (Å²) in [5, 5.41) is 21.6. The summed E-state index contributed by atoms with van der Waals surface area (Å²) in [7, 11) is 0. The second-order valence-electron chi connectivity index (χ2n) is 3.81. The fourth-order valence-corrected chi connectivity index (χ4v) is 1.68. The maximum atomic E-state index is 13.1. The van der Waals surface area contributed by atoms with Crippen LogP contribution >= 0.6 is 11.6 Å². The van der Waals surface area contributed by atoms with Gasteiger partial charge in [0.15, 0.2) is 11.6 Å². The molecule has 0 aromatic heterocycles. The maximum absolute atomic E-state index is 13.1. The summed E-state index contributed by atoms with van der Waals surface area (Å²) >= 11 is 5.77. The summed E-state index contributed by atoms with van der Waals surface area (Å²) in [5.74, 6) is -1.03. The Labute approximate surface area is 108 Å². The van der Waals surface area contributed by atoms with E-state index >= 15 is 0 Å². The summed E-state index contributed by atoms with van der Waals surface area (Å²) < 4.78 is 13.1. The summed E-state index contributed by atoms with van der Waals surface area (Å²) in [4.78, 5) is 0. The molecule has 2 rings (SSSR count). The predicted octanol–water partition coefficient (Wildman–Crippen LogP) is 3.50. The first-order valence-electron chi connectivity index (χ1n) is 5.26. The number of anilines is 1. The van der Waals surface area contributed by atoms with Gasteiger partial charge in [-0.15, -0.1) is 0 Å². The number of phenolic OH excluding ortho intramolecular Hbond substituents is 2. The lowest BCUT2D eigenvalue weighted by Crippen LogP contribution is -1.99. The van der Waals surface area contributed by atoms with Gasteiger partial charge in [0.05, 0.1) is 5.02 Å². The van der Waals surface area contributed by atoms with Gasteiger partial charge < -0.3 is 15.5 Å². The minimum atomic E-state index is -0.677. The van der Waals surface area contributed by atoms with Crippen LogP contribution in [0.2, 0.25) is 5.02 Å². The van der Waals surface area contributed by atoms with Crippen molar-refractivity contribution in [1.82, 2.24) is 0 Å². The average molecular weight is 268 g/mol. The molecule has 5 heteroatoms. The van der Waals surface area contributed by atoms with E-state index in [9.17, 15) is 9.50 Å². The fraction of sp³-hybridized carbons (Fsp3) is 0.0769. The van der Waals surface area contributed by atoms with Gasteiger partial charge in [0.2, 0.25) is 0 Å². The molecule has 0 radical (unpaired) electrons. The molecule has 0 aliphatic rings. The van der Waals surface area contributed by atoms with Crippen LogP contribution in [0.25, 0.3) is 0 Å². The van der Waals surface area contributed by atoms with Crippen molar-refractivity contribution in [3.63, 3.8) is 0 Å². The van der Waals surface area contributed by atoms with Crippen molar-refractivity contribution in [3.05, 3.63) is 52.8 Å².